The van der Waals surface area contributed by atoms with E-state index in [9.17, 15) is 12.8 Å². The van der Waals surface area contributed by atoms with Crippen LogP contribution in [0.15, 0.2) is 23.4 Å². The summed E-state index contributed by atoms with van der Waals surface area (Å²) in [4.78, 5) is 3.37. The molecule has 2 rings (SSSR count). The number of nitrogens with two attached hydrogens (primary N) is 1. The highest BCUT2D eigenvalue weighted by Crippen LogP contribution is 2.25. The number of nitrogen functional groups attached to an aromatic ring is 1. The predicted molar refractivity (Wildman–Crippen MR) is 75.7 cm³/mol. The van der Waals surface area contributed by atoms with E-state index in [1.165, 1.54) is 11.0 Å². The molecule has 10 heteroatoms. The summed E-state index contributed by atoms with van der Waals surface area (Å²) < 4.78 is 41.6. The Morgan fingerprint density at radius 2 is 2.19 bits per heavy atom. The topological polar surface area (TPSA) is 103 Å². The van der Waals surface area contributed by atoms with Gasteiger partial charge in [-0.25, -0.2) is 22.5 Å². The first-order valence-corrected chi connectivity index (χ1v) is 7.74. The average molecular weight is 334 g/mol. The molecule has 0 aliphatic heterocycles. The number of anilines is 1. The van der Waals surface area contributed by atoms with Crippen molar-refractivity contribution in [2.75, 3.05) is 12.3 Å². The summed E-state index contributed by atoms with van der Waals surface area (Å²) in [7, 11) is -2.35. The molecule has 2 aromatic rings. The van der Waals surface area contributed by atoms with Gasteiger partial charge in [0, 0.05) is 25.7 Å². The Balaban J connectivity index is 2.12. The van der Waals surface area contributed by atoms with Gasteiger partial charge in [0.15, 0.2) is 11.6 Å². The number of hydrogen-bond donors (Lipinski definition) is 2. The number of benzene rings is 1. The smallest absolute Gasteiger partial charge is 0.243 e. The molecule has 0 saturated carbocycles. The molecule has 7 nitrogen and oxygen atoms in total. The molecule has 0 bridgehead atoms. The van der Waals surface area contributed by atoms with Crippen molar-refractivity contribution in [3.8, 4) is 0 Å². The lowest BCUT2D eigenvalue weighted by molar-refractivity contribution is 0.557. The van der Waals surface area contributed by atoms with E-state index in [1.54, 1.807) is 7.05 Å². The maximum absolute atomic E-state index is 13.8. The van der Waals surface area contributed by atoms with Gasteiger partial charge in [0.1, 0.15) is 11.2 Å². The van der Waals surface area contributed by atoms with Gasteiger partial charge in [0.25, 0.3) is 0 Å². The standard InChI is InChI=1S/C11H13ClFN5O2S/c1-18-6-15-10(17-18)2-3-16-21(19,20)9-5-7(14)4-8(12)11(9)13/h4-6,16H,2-3,14H2,1H3. The minimum Gasteiger partial charge on any atom is -0.399 e. The van der Waals surface area contributed by atoms with Gasteiger partial charge in [0.05, 0.1) is 5.02 Å². The second kappa shape index (κ2) is 5.96. The average Bonchev–Trinajstić information content (AvgIpc) is 2.79. The third-order valence-electron chi connectivity index (χ3n) is 2.59. The van der Waals surface area contributed by atoms with E-state index in [1.807, 2.05) is 0 Å². The summed E-state index contributed by atoms with van der Waals surface area (Å²) in [5.74, 6) is -0.555. The van der Waals surface area contributed by atoms with Crippen LogP contribution in [-0.2, 0) is 23.5 Å². The van der Waals surface area contributed by atoms with Crippen molar-refractivity contribution >= 4 is 27.3 Å². The Kier molecular flexibility index (Phi) is 4.45. The Morgan fingerprint density at radius 1 is 1.48 bits per heavy atom. The number of sulfonamides is 1. The lowest BCUT2D eigenvalue weighted by Gasteiger charge is -2.08. The van der Waals surface area contributed by atoms with Gasteiger partial charge in [-0.05, 0) is 12.1 Å². The van der Waals surface area contributed by atoms with E-state index in [-0.39, 0.29) is 23.7 Å². The van der Waals surface area contributed by atoms with Gasteiger partial charge < -0.3 is 5.73 Å². The van der Waals surface area contributed by atoms with Crippen molar-refractivity contribution in [1.29, 1.82) is 0 Å². The second-order valence-electron chi connectivity index (χ2n) is 4.30. The quantitative estimate of drug-likeness (QED) is 0.784. The largest absolute Gasteiger partial charge is 0.399 e. The van der Waals surface area contributed by atoms with E-state index in [4.69, 9.17) is 17.3 Å². The van der Waals surface area contributed by atoms with Gasteiger partial charge in [-0.1, -0.05) is 11.6 Å². The van der Waals surface area contributed by atoms with Crippen molar-refractivity contribution in [2.45, 2.75) is 11.3 Å². The fourth-order valence-electron chi connectivity index (χ4n) is 1.65. The Labute approximate surface area is 126 Å². The fraction of sp³-hybridized carbons (Fsp3) is 0.273. The van der Waals surface area contributed by atoms with Crippen LogP contribution in [0.4, 0.5) is 10.1 Å². The van der Waals surface area contributed by atoms with Crippen molar-refractivity contribution in [2.24, 2.45) is 7.05 Å². The van der Waals surface area contributed by atoms with E-state index in [0.717, 1.165) is 12.1 Å². The van der Waals surface area contributed by atoms with Crippen LogP contribution in [0.3, 0.4) is 0 Å². The highest BCUT2D eigenvalue weighted by Gasteiger charge is 2.21. The molecule has 0 atom stereocenters. The van der Waals surface area contributed by atoms with Crippen molar-refractivity contribution < 1.29 is 12.8 Å². The molecular formula is C11H13ClFN5O2S. The molecule has 0 spiro atoms. The second-order valence-corrected chi connectivity index (χ2v) is 6.44. The van der Waals surface area contributed by atoms with Gasteiger partial charge >= 0.3 is 0 Å². The first-order valence-electron chi connectivity index (χ1n) is 5.88. The molecule has 0 amide bonds. The molecule has 1 aromatic heterocycles. The third-order valence-corrected chi connectivity index (χ3v) is 4.33. The van der Waals surface area contributed by atoms with E-state index in [2.05, 4.69) is 14.8 Å². The summed E-state index contributed by atoms with van der Waals surface area (Å²) in [6, 6.07) is 2.16. The van der Waals surface area contributed by atoms with E-state index in [0.29, 0.717) is 5.82 Å². The molecule has 21 heavy (non-hydrogen) atoms. The maximum atomic E-state index is 13.8. The number of aromatic nitrogens is 3. The molecule has 0 aliphatic carbocycles. The van der Waals surface area contributed by atoms with Crippen LogP contribution in [0, 0.1) is 5.82 Å². The van der Waals surface area contributed by atoms with Crippen LogP contribution in [0.1, 0.15) is 5.82 Å². The normalized spacial score (nSPS) is 11.8. The van der Waals surface area contributed by atoms with Crippen LogP contribution >= 0.6 is 11.6 Å². The Hall–Kier alpha value is -1.71. The van der Waals surface area contributed by atoms with Crippen LogP contribution in [0.5, 0.6) is 0 Å². The number of halogens is 2. The molecular weight excluding hydrogens is 321 g/mol. The fourth-order valence-corrected chi connectivity index (χ4v) is 3.10. The number of hydrogen-bond acceptors (Lipinski definition) is 5. The molecule has 3 N–H and O–H groups in total. The zero-order valence-corrected chi connectivity index (χ0v) is 12.6. The molecule has 0 aliphatic rings. The summed E-state index contributed by atoms with van der Waals surface area (Å²) >= 11 is 5.59. The molecule has 0 saturated heterocycles. The molecule has 0 radical (unpaired) electrons. The number of nitrogens with one attached hydrogen (secondary N) is 1. The lowest BCUT2D eigenvalue weighted by atomic mass is 10.3. The number of nitrogens with zero attached hydrogens (tertiary/aromatic N) is 3. The minimum atomic E-state index is -4.05. The monoisotopic (exact) mass is 333 g/mol. The molecule has 1 aromatic carbocycles. The lowest BCUT2D eigenvalue weighted by Crippen LogP contribution is -2.27. The number of aryl methyl sites for hydroxylation is 1. The Morgan fingerprint density at radius 3 is 2.81 bits per heavy atom. The minimum absolute atomic E-state index is 0.0260. The summed E-state index contributed by atoms with van der Waals surface area (Å²) in [6.07, 6.45) is 1.78. The first kappa shape index (κ1) is 15.7. The van der Waals surface area contributed by atoms with E-state index >= 15 is 0 Å². The zero-order valence-electron chi connectivity index (χ0n) is 11.0. The predicted octanol–water partition coefficient (Wildman–Crippen LogP) is 0.711. The van der Waals surface area contributed by atoms with Crippen LogP contribution in [0.25, 0.3) is 0 Å². The SMILES string of the molecule is Cn1cnc(CCNS(=O)(=O)c2cc(N)cc(Cl)c2F)n1. The van der Waals surface area contributed by atoms with Crippen LogP contribution < -0.4 is 10.5 Å². The Bertz CT molecular complexity index is 762. The van der Waals surface area contributed by atoms with Crippen molar-refractivity contribution in [3.05, 3.63) is 35.1 Å². The first-order chi connectivity index (χ1) is 9.79. The van der Waals surface area contributed by atoms with E-state index < -0.39 is 20.7 Å². The highest BCUT2D eigenvalue weighted by atomic mass is 35.5. The molecule has 1 heterocycles. The summed E-state index contributed by atoms with van der Waals surface area (Å²) in [5, 5.41) is 3.66. The maximum Gasteiger partial charge on any atom is 0.243 e. The molecule has 0 fully saturated rings. The zero-order chi connectivity index (χ0) is 15.6. The molecule has 0 unspecified atom stereocenters. The summed E-state index contributed by atoms with van der Waals surface area (Å²) in [5.41, 5.74) is 5.54. The molecule has 114 valence electrons. The third kappa shape index (κ3) is 3.69. The highest BCUT2D eigenvalue weighted by molar-refractivity contribution is 7.89. The van der Waals surface area contributed by atoms with Crippen molar-refractivity contribution in [1.82, 2.24) is 19.5 Å². The van der Waals surface area contributed by atoms with Crippen LogP contribution in [0.2, 0.25) is 5.02 Å². The number of rotatable bonds is 5. The van der Waals surface area contributed by atoms with Gasteiger partial charge in [-0.3, -0.25) is 4.68 Å². The van der Waals surface area contributed by atoms with Gasteiger partial charge in [0.2, 0.25) is 10.0 Å². The summed E-state index contributed by atoms with van der Waals surface area (Å²) in [6.45, 7) is 0.0260. The van der Waals surface area contributed by atoms with Crippen molar-refractivity contribution in [3.63, 3.8) is 0 Å². The van der Waals surface area contributed by atoms with Gasteiger partial charge in [-0.2, -0.15) is 5.10 Å². The van der Waals surface area contributed by atoms with Crippen LogP contribution in [-0.4, -0.2) is 29.7 Å². The van der Waals surface area contributed by atoms with Gasteiger partial charge in [-0.15, -0.1) is 0 Å².